The molecule has 2 aromatic rings. The van der Waals surface area contributed by atoms with E-state index in [1.54, 1.807) is 29.7 Å². The molecule has 2 heterocycles. The maximum atomic E-state index is 11.8. The van der Waals surface area contributed by atoms with Gasteiger partial charge in [0.15, 0.2) is 0 Å². The van der Waals surface area contributed by atoms with Crippen molar-refractivity contribution in [3.8, 4) is 0 Å². The fraction of sp³-hybridized carbons (Fsp3) is 0.375. The zero-order chi connectivity index (χ0) is 17.4. The minimum Gasteiger partial charge on any atom is -0.350 e. The van der Waals surface area contributed by atoms with Crippen LogP contribution in [0.2, 0.25) is 0 Å². The van der Waals surface area contributed by atoms with Crippen molar-refractivity contribution in [2.45, 2.75) is 26.8 Å². The van der Waals surface area contributed by atoms with Crippen molar-refractivity contribution in [3.63, 3.8) is 0 Å². The molecule has 2 rings (SSSR count). The lowest BCUT2D eigenvalue weighted by Gasteiger charge is -2.08. The standard InChI is InChI=1S/C16H21N5O2S/c1-3-13-14(24-11(2)21-13)10-20-16(23)19-8-7-18-15(22)12-5-4-6-17-9-12/h4-6,9H,3,7-8,10H2,1-2H3,(H,18,22)(H2,19,20,23). The highest BCUT2D eigenvalue weighted by Crippen LogP contribution is 2.17. The molecule has 0 aromatic carbocycles. The molecule has 0 bridgehead atoms. The van der Waals surface area contributed by atoms with Crippen LogP contribution in [0.5, 0.6) is 0 Å². The van der Waals surface area contributed by atoms with Gasteiger partial charge < -0.3 is 16.0 Å². The summed E-state index contributed by atoms with van der Waals surface area (Å²) in [4.78, 5) is 33.0. The summed E-state index contributed by atoms with van der Waals surface area (Å²) in [7, 11) is 0. The molecule has 0 atom stereocenters. The van der Waals surface area contributed by atoms with Gasteiger partial charge >= 0.3 is 6.03 Å². The van der Waals surface area contributed by atoms with Crippen LogP contribution in [0, 0.1) is 6.92 Å². The molecule has 0 radical (unpaired) electrons. The van der Waals surface area contributed by atoms with E-state index < -0.39 is 0 Å². The predicted octanol–water partition coefficient (Wildman–Crippen LogP) is 1.64. The molecular weight excluding hydrogens is 326 g/mol. The Morgan fingerprint density at radius 3 is 2.71 bits per heavy atom. The molecule has 8 heteroatoms. The van der Waals surface area contributed by atoms with E-state index in [1.165, 1.54) is 6.20 Å². The molecule has 128 valence electrons. The quantitative estimate of drug-likeness (QED) is 0.664. The van der Waals surface area contributed by atoms with Crippen molar-refractivity contribution in [2.24, 2.45) is 0 Å². The fourth-order valence-corrected chi connectivity index (χ4v) is 3.07. The van der Waals surface area contributed by atoms with Crippen molar-refractivity contribution < 1.29 is 9.59 Å². The smallest absolute Gasteiger partial charge is 0.315 e. The number of aromatic nitrogens is 2. The second-order valence-corrected chi connectivity index (χ2v) is 6.35. The third-order valence-corrected chi connectivity index (χ3v) is 4.26. The van der Waals surface area contributed by atoms with Crippen LogP contribution in [-0.4, -0.2) is 35.0 Å². The highest BCUT2D eigenvalue weighted by atomic mass is 32.1. The first kappa shape index (κ1) is 17.9. The van der Waals surface area contributed by atoms with Gasteiger partial charge in [0.05, 0.1) is 22.8 Å². The third-order valence-electron chi connectivity index (χ3n) is 3.25. The van der Waals surface area contributed by atoms with E-state index in [0.29, 0.717) is 25.2 Å². The van der Waals surface area contributed by atoms with Gasteiger partial charge in [0.1, 0.15) is 0 Å². The van der Waals surface area contributed by atoms with Gasteiger partial charge in [-0.05, 0) is 25.5 Å². The number of amides is 3. The molecule has 0 saturated heterocycles. The summed E-state index contributed by atoms with van der Waals surface area (Å²) >= 11 is 1.59. The number of pyridine rings is 1. The largest absolute Gasteiger partial charge is 0.350 e. The van der Waals surface area contributed by atoms with Gasteiger partial charge in [-0.1, -0.05) is 6.92 Å². The number of nitrogens with one attached hydrogen (secondary N) is 3. The Bertz CT molecular complexity index is 687. The topological polar surface area (TPSA) is 96.0 Å². The van der Waals surface area contributed by atoms with Crippen LogP contribution < -0.4 is 16.0 Å². The lowest BCUT2D eigenvalue weighted by Crippen LogP contribution is -2.40. The second-order valence-electron chi connectivity index (χ2n) is 5.06. The monoisotopic (exact) mass is 347 g/mol. The van der Waals surface area contributed by atoms with E-state index in [2.05, 4.69) is 25.9 Å². The first-order chi connectivity index (χ1) is 11.6. The molecule has 0 aliphatic carbocycles. The first-order valence-corrected chi connectivity index (χ1v) is 8.57. The number of urea groups is 1. The van der Waals surface area contributed by atoms with E-state index >= 15 is 0 Å². The number of thiazole rings is 1. The van der Waals surface area contributed by atoms with Crippen LogP contribution in [-0.2, 0) is 13.0 Å². The molecular formula is C16H21N5O2S. The van der Waals surface area contributed by atoms with Gasteiger partial charge in [-0.15, -0.1) is 11.3 Å². The third kappa shape index (κ3) is 5.31. The van der Waals surface area contributed by atoms with E-state index in [9.17, 15) is 9.59 Å². The van der Waals surface area contributed by atoms with Gasteiger partial charge in [0.2, 0.25) is 0 Å². The van der Waals surface area contributed by atoms with E-state index in [0.717, 1.165) is 22.0 Å². The maximum absolute atomic E-state index is 11.8. The predicted molar refractivity (Wildman–Crippen MR) is 93.0 cm³/mol. The summed E-state index contributed by atoms with van der Waals surface area (Å²) in [6.07, 6.45) is 3.96. The molecule has 0 aliphatic rings. The summed E-state index contributed by atoms with van der Waals surface area (Å²) in [5, 5.41) is 9.23. The van der Waals surface area contributed by atoms with Crippen LogP contribution in [0.25, 0.3) is 0 Å². The van der Waals surface area contributed by atoms with Crippen LogP contribution in [0.3, 0.4) is 0 Å². The molecule has 0 aliphatic heterocycles. The zero-order valence-electron chi connectivity index (χ0n) is 13.8. The Morgan fingerprint density at radius 2 is 2.00 bits per heavy atom. The van der Waals surface area contributed by atoms with Crippen molar-refractivity contribution in [2.75, 3.05) is 13.1 Å². The van der Waals surface area contributed by atoms with Crippen LogP contribution in [0.15, 0.2) is 24.5 Å². The van der Waals surface area contributed by atoms with Crippen molar-refractivity contribution in [1.82, 2.24) is 25.9 Å². The fourth-order valence-electron chi connectivity index (χ4n) is 2.10. The maximum Gasteiger partial charge on any atom is 0.315 e. The molecule has 3 N–H and O–H groups in total. The molecule has 0 saturated carbocycles. The molecule has 3 amide bonds. The molecule has 0 spiro atoms. The Kier molecular flexibility index (Phi) is 6.68. The van der Waals surface area contributed by atoms with Gasteiger partial charge in [0.25, 0.3) is 5.91 Å². The van der Waals surface area contributed by atoms with E-state index in [-0.39, 0.29) is 11.9 Å². The van der Waals surface area contributed by atoms with Gasteiger partial charge in [-0.2, -0.15) is 0 Å². The number of aryl methyl sites for hydroxylation is 2. The van der Waals surface area contributed by atoms with Gasteiger partial charge in [0, 0.05) is 30.4 Å². The Hall–Kier alpha value is -2.48. The SMILES string of the molecule is CCc1nc(C)sc1CNC(=O)NCCNC(=O)c1cccnc1. The van der Waals surface area contributed by atoms with Crippen LogP contribution >= 0.6 is 11.3 Å². The number of hydrogen-bond donors (Lipinski definition) is 3. The first-order valence-electron chi connectivity index (χ1n) is 7.75. The Labute approximate surface area is 144 Å². The lowest BCUT2D eigenvalue weighted by molar-refractivity contribution is 0.0953. The van der Waals surface area contributed by atoms with Crippen molar-refractivity contribution >= 4 is 23.3 Å². The number of rotatable bonds is 7. The minimum atomic E-state index is -0.265. The number of nitrogens with zero attached hydrogens (tertiary/aromatic N) is 2. The van der Waals surface area contributed by atoms with Crippen LogP contribution in [0.4, 0.5) is 4.79 Å². The molecule has 2 aromatic heterocycles. The van der Waals surface area contributed by atoms with Gasteiger partial charge in [-0.3, -0.25) is 9.78 Å². The number of carbonyl (C=O) groups excluding carboxylic acids is 2. The highest BCUT2D eigenvalue weighted by Gasteiger charge is 2.09. The summed E-state index contributed by atoms with van der Waals surface area (Å²) in [6.45, 7) is 5.16. The molecule has 0 fully saturated rings. The molecule has 0 unspecified atom stereocenters. The molecule has 7 nitrogen and oxygen atoms in total. The summed E-state index contributed by atoms with van der Waals surface area (Å²) < 4.78 is 0. The Morgan fingerprint density at radius 1 is 1.21 bits per heavy atom. The number of hydrogen-bond acceptors (Lipinski definition) is 5. The van der Waals surface area contributed by atoms with E-state index in [1.807, 2.05) is 13.8 Å². The highest BCUT2D eigenvalue weighted by molar-refractivity contribution is 7.11. The average Bonchev–Trinajstić information content (AvgIpc) is 2.97. The minimum absolute atomic E-state index is 0.210. The average molecular weight is 347 g/mol. The van der Waals surface area contributed by atoms with Crippen molar-refractivity contribution in [3.05, 3.63) is 45.7 Å². The van der Waals surface area contributed by atoms with E-state index in [4.69, 9.17) is 0 Å². The van der Waals surface area contributed by atoms with Crippen LogP contribution in [0.1, 0.15) is 32.9 Å². The second kappa shape index (κ2) is 8.97. The van der Waals surface area contributed by atoms with Gasteiger partial charge in [-0.25, -0.2) is 9.78 Å². The summed E-state index contributed by atoms with van der Waals surface area (Å²) in [6, 6.07) is 3.12. The van der Waals surface area contributed by atoms with Crippen molar-refractivity contribution in [1.29, 1.82) is 0 Å². The lowest BCUT2D eigenvalue weighted by atomic mass is 10.3. The normalized spacial score (nSPS) is 10.2. The molecule has 24 heavy (non-hydrogen) atoms. The summed E-state index contributed by atoms with van der Waals surface area (Å²) in [5.74, 6) is -0.210. The summed E-state index contributed by atoms with van der Waals surface area (Å²) in [5.41, 5.74) is 1.52. The Balaban J connectivity index is 1.65. The number of carbonyl (C=O) groups is 2. The zero-order valence-corrected chi connectivity index (χ0v) is 14.6.